The molecule has 1 amide bonds. The molecule has 150 valence electrons. The predicted molar refractivity (Wildman–Crippen MR) is 122 cm³/mol. The molecule has 4 aromatic rings. The second-order valence-corrected chi connectivity index (χ2v) is 7.28. The van der Waals surface area contributed by atoms with Gasteiger partial charge in [0.25, 0.3) is 5.91 Å². The first-order valence-electron chi connectivity index (χ1n) is 9.42. The lowest BCUT2D eigenvalue weighted by molar-refractivity contribution is 0.102. The molecule has 0 bridgehead atoms. The van der Waals surface area contributed by atoms with Crippen LogP contribution in [-0.2, 0) is 0 Å². The molecule has 0 saturated carbocycles. The van der Waals surface area contributed by atoms with Gasteiger partial charge < -0.3 is 15.4 Å². The van der Waals surface area contributed by atoms with Gasteiger partial charge in [0.15, 0.2) is 0 Å². The van der Waals surface area contributed by atoms with Crippen LogP contribution in [-0.4, -0.2) is 18.0 Å². The Balaban J connectivity index is 1.60. The van der Waals surface area contributed by atoms with Gasteiger partial charge in [-0.25, -0.2) is 4.98 Å². The number of rotatable bonds is 5. The monoisotopic (exact) mass is 417 g/mol. The van der Waals surface area contributed by atoms with Gasteiger partial charge in [-0.1, -0.05) is 29.8 Å². The van der Waals surface area contributed by atoms with Gasteiger partial charge in [-0.3, -0.25) is 4.79 Å². The molecule has 2 N–H and O–H groups in total. The molecule has 3 aromatic carbocycles. The maximum absolute atomic E-state index is 12.7. The first kappa shape index (κ1) is 19.7. The van der Waals surface area contributed by atoms with E-state index >= 15 is 0 Å². The number of hydrogen-bond acceptors (Lipinski definition) is 4. The zero-order chi connectivity index (χ0) is 21.1. The van der Waals surface area contributed by atoms with E-state index in [-0.39, 0.29) is 5.91 Å². The molecule has 1 aromatic heterocycles. The number of amides is 1. The van der Waals surface area contributed by atoms with Gasteiger partial charge in [0.05, 0.1) is 18.2 Å². The van der Waals surface area contributed by atoms with Crippen LogP contribution < -0.4 is 15.4 Å². The van der Waals surface area contributed by atoms with Crippen molar-refractivity contribution in [3.8, 4) is 5.75 Å². The van der Waals surface area contributed by atoms with Gasteiger partial charge in [0.1, 0.15) is 11.6 Å². The zero-order valence-corrected chi connectivity index (χ0v) is 17.3. The summed E-state index contributed by atoms with van der Waals surface area (Å²) < 4.78 is 5.28. The zero-order valence-electron chi connectivity index (χ0n) is 16.6. The number of fused-ring (bicyclic) bond motifs is 1. The summed E-state index contributed by atoms with van der Waals surface area (Å²) in [6.45, 7) is 2.01. The van der Waals surface area contributed by atoms with Crippen molar-refractivity contribution < 1.29 is 9.53 Å². The van der Waals surface area contributed by atoms with Gasteiger partial charge in [-0.2, -0.15) is 0 Å². The van der Waals surface area contributed by atoms with Crippen LogP contribution in [0.2, 0.25) is 5.02 Å². The SMILES string of the molecule is COc1ccccc1C(=O)Nc1ccc2nc(Nc3cccc(Cl)c3)cc(C)c2c1. The number of nitrogens with one attached hydrogen (secondary N) is 2. The molecule has 6 heteroatoms. The van der Waals surface area contributed by atoms with E-state index in [0.717, 1.165) is 28.0 Å². The highest BCUT2D eigenvalue weighted by Crippen LogP contribution is 2.27. The summed E-state index contributed by atoms with van der Waals surface area (Å²) in [7, 11) is 1.55. The Kier molecular flexibility index (Phi) is 5.55. The molecule has 1 heterocycles. The average molecular weight is 418 g/mol. The number of aromatic nitrogens is 1. The first-order chi connectivity index (χ1) is 14.5. The lowest BCUT2D eigenvalue weighted by Gasteiger charge is -2.12. The topological polar surface area (TPSA) is 63.2 Å². The fraction of sp³-hybridized carbons (Fsp3) is 0.0833. The quantitative estimate of drug-likeness (QED) is 0.405. The summed E-state index contributed by atoms with van der Waals surface area (Å²) in [6, 6.07) is 22.2. The fourth-order valence-corrected chi connectivity index (χ4v) is 3.47. The number of carbonyl (C=O) groups excluding carboxylic acids is 1. The third kappa shape index (κ3) is 4.21. The average Bonchev–Trinajstić information content (AvgIpc) is 2.74. The van der Waals surface area contributed by atoms with Crippen molar-refractivity contribution in [2.24, 2.45) is 0 Å². The molecule has 0 aliphatic carbocycles. The van der Waals surface area contributed by atoms with Gasteiger partial charge in [0.2, 0.25) is 0 Å². The minimum Gasteiger partial charge on any atom is -0.496 e. The number of carbonyl (C=O) groups is 1. The number of benzene rings is 3. The second-order valence-electron chi connectivity index (χ2n) is 6.85. The van der Waals surface area contributed by atoms with E-state index in [0.29, 0.717) is 22.0 Å². The van der Waals surface area contributed by atoms with E-state index in [9.17, 15) is 4.79 Å². The Hall–Kier alpha value is -3.57. The minimum absolute atomic E-state index is 0.225. The Morgan fingerprint density at radius 1 is 0.967 bits per heavy atom. The Labute approximate surface area is 179 Å². The van der Waals surface area contributed by atoms with Crippen LogP contribution in [0.4, 0.5) is 17.2 Å². The number of pyridine rings is 1. The number of halogens is 1. The van der Waals surface area contributed by atoms with Gasteiger partial charge in [0, 0.05) is 21.8 Å². The van der Waals surface area contributed by atoms with E-state index in [4.69, 9.17) is 16.3 Å². The highest BCUT2D eigenvalue weighted by molar-refractivity contribution is 6.30. The normalized spacial score (nSPS) is 10.6. The van der Waals surface area contributed by atoms with Crippen molar-refractivity contribution in [1.29, 1.82) is 0 Å². The van der Waals surface area contributed by atoms with E-state index in [2.05, 4.69) is 15.6 Å². The van der Waals surface area contributed by atoms with E-state index in [1.807, 2.05) is 61.5 Å². The number of aryl methyl sites for hydroxylation is 1. The lowest BCUT2D eigenvalue weighted by Crippen LogP contribution is -2.13. The molecule has 0 fully saturated rings. The molecule has 0 unspecified atom stereocenters. The molecule has 0 spiro atoms. The molecular weight excluding hydrogens is 398 g/mol. The fourth-order valence-electron chi connectivity index (χ4n) is 3.28. The van der Waals surface area contributed by atoms with Crippen molar-refractivity contribution in [2.75, 3.05) is 17.7 Å². The summed E-state index contributed by atoms with van der Waals surface area (Å²) in [4.78, 5) is 17.4. The summed E-state index contributed by atoms with van der Waals surface area (Å²) in [6.07, 6.45) is 0. The number of ether oxygens (including phenoxy) is 1. The third-order valence-electron chi connectivity index (χ3n) is 4.72. The molecule has 0 aliphatic rings. The first-order valence-corrected chi connectivity index (χ1v) is 9.79. The van der Waals surface area contributed by atoms with Crippen molar-refractivity contribution in [3.63, 3.8) is 0 Å². The summed E-state index contributed by atoms with van der Waals surface area (Å²) >= 11 is 6.06. The third-order valence-corrected chi connectivity index (χ3v) is 4.96. The van der Waals surface area contributed by atoms with E-state index < -0.39 is 0 Å². The number of methoxy groups -OCH3 is 1. The van der Waals surface area contributed by atoms with Crippen LogP contribution in [0.1, 0.15) is 15.9 Å². The predicted octanol–water partition coefficient (Wildman–Crippen LogP) is 6.20. The molecule has 5 nitrogen and oxygen atoms in total. The van der Waals surface area contributed by atoms with E-state index in [1.165, 1.54) is 0 Å². The van der Waals surface area contributed by atoms with E-state index in [1.54, 1.807) is 25.3 Å². The summed E-state index contributed by atoms with van der Waals surface area (Å²) in [5, 5.41) is 7.84. The standard InChI is InChI=1S/C24H20ClN3O2/c1-15-12-23(26-17-7-5-6-16(25)13-17)28-21-11-10-18(14-20(15)21)27-24(29)19-8-3-4-9-22(19)30-2/h3-14H,1-2H3,(H,26,28)(H,27,29). The lowest BCUT2D eigenvalue weighted by atomic mass is 10.1. The second kappa shape index (κ2) is 8.43. The van der Waals surface area contributed by atoms with Crippen molar-refractivity contribution >= 4 is 45.6 Å². The number of para-hydroxylation sites is 1. The van der Waals surface area contributed by atoms with Gasteiger partial charge in [-0.05, 0) is 67.1 Å². The van der Waals surface area contributed by atoms with Crippen LogP contribution in [0.5, 0.6) is 5.75 Å². The molecule has 4 rings (SSSR count). The molecular formula is C24H20ClN3O2. The Morgan fingerprint density at radius 2 is 1.80 bits per heavy atom. The molecule has 0 aliphatic heterocycles. The van der Waals surface area contributed by atoms with Gasteiger partial charge >= 0.3 is 0 Å². The van der Waals surface area contributed by atoms with Crippen LogP contribution >= 0.6 is 11.6 Å². The van der Waals surface area contributed by atoms with Crippen molar-refractivity contribution in [2.45, 2.75) is 6.92 Å². The maximum atomic E-state index is 12.7. The van der Waals surface area contributed by atoms with Crippen molar-refractivity contribution in [1.82, 2.24) is 4.98 Å². The van der Waals surface area contributed by atoms with Gasteiger partial charge in [-0.15, -0.1) is 0 Å². The van der Waals surface area contributed by atoms with Crippen LogP contribution in [0, 0.1) is 6.92 Å². The molecule has 0 atom stereocenters. The number of hydrogen-bond donors (Lipinski definition) is 2. The smallest absolute Gasteiger partial charge is 0.259 e. The van der Waals surface area contributed by atoms with Crippen LogP contribution in [0.3, 0.4) is 0 Å². The summed E-state index contributed by atoms with van der Waals surface area (Å²) in [5.41, 5.74) is 3.91. The van der Waals surface area contributed by atoms with Crippen LogP contribution in [0.15, 0.2) is 72.8 Å². The maximum Gasteiger partial charge on any atom is 0.259 e. The minimum atomic E-state index is -0.225. The molecule has 0 saturated heterocycles. The van der Waals surface area contributed by atoms with Crippen LogP contribution in [0.25, 0.3) is 10.9 Å². The number of nitrogens with zero attached hydrogens (tertiary/aromatic N) is 1. The molecule has 0 radical (unpaired) electrons. The number of anilines is 3. The molecule has 30 heavy (non-hydrogen) atoms. The highest BCUT2D eigenvalue weighted by atomic mass is 35.5. The van der Waals surface area contributed by atoms with Crippen molar-refractivity contribution in [3.05, 3.63) is 88.9 Å². The summed E-state index contributed by atoms with van der Waals surface area (Å²) in [5.74, 6) is 1.04. The Morgan fingerprint density at radius 3 is 2.60 bits per heavy atom. The Bertz CT molecular complexity index is 1240. The largest absolute Gasteiger partial charge is 0.496 e. The highest BCUT2D eigenvalue weighted by Gasteiger charge is 2.12.